The average Bonchev–Trinajstić information content (AvgIpc) is 2.40. The van der Waals surface area contributed by atoms with Gasteiger partial charge in [-0.2, -0.15) is 13.2 Å². The van der Waals surface area contributed by atoms with E-state index in [2.05, 4.69) is 5.32 Å². The van der Waals surface area contributed by atoms with Crippen LogP contribution < -0.4 is 5.32 Å². The molecule has 0 aliphatic heterocycles. The molecule has 0 bridgehead atoms. The zero-order valence-electron chi connectivity index (χ0n) is 10.5. The summed E-state index contributed by atoms with van der Waals surface area (Å²) in [5, 5.41) is 12.1. The Hall–Kier alpha value is -2.31. The Labute approximate surface area is 116 Å². The predicted molar refractivity (Wildman–Crippen MR) is 66.8 cm³/mol. The third-order valence-electron chi connectivity index (χ3n) is 2.80. The molecule has 0 fully saturated rings. The van der Waals surface area contributed by atoms with E-state index in [0.717, 1.165) is 24.3 Å². The minimum atomic E-state index is -4.80. The van der Waals surface area contributed by atoms with E-state index in [1.807, 2.05) is 0 Å². The number of nitrogens with one attached hydrogen (secondary N) is 1. The molecule has 0 unspecified atom stereocenters. The Balaban J connectivity index is 2.19. The summed E-state index contributed by atoms with van der Waals surface area (Å²) in [6, 6.07) is 5.68. The molecule has 2 rings (SSSR count). The van der Waals surface area contributed by atoms with Crippen LogP contribution in [-0.4, -0.2) is 5.11 Å². The molecule has 0 radical (unpaired) electrons. The smallest absolute Gasteiger partial charge is 0.419 e. The second-order valence-corrected chi connectivity index (χ2v) is 4.32. The molecule has 2 aromatic rings. The number of phenols is 1. The molecular formula is C14H10F5NO. The van der Waals surface area contributed by atoms with E-state index < -0.39 is 23.4 Å². The van der Waals surface area contributed by atoms with Crippen molar-refractivity contribution in [2.75, 3.05) is 5.32 Å². The summed E-state index contributed by atoms with van der Waals surface area (Å²) in [5.74, 6) is -2.15. The molecule has 2 nitrogen and oxygen atoms in total. The topological polar surface area (TPSA) is 32.3 Å². The highest BCUT2D eigenvalue weighted by Crippen LogP contribution is 2.33. The Morgan fingerprint density at radius 3 is 2.38 bits per heavy atom. The first-order valence-electron chi connectivity index (χ1n) is 5.85. The highest BCUT2D eigenvalue weighted by atomic mass is 19.4. The van der Waals surface area contributed by atoms with E-state index >= 15 is 0 Å². The van der Waals surface area contributed by atoms with E-state index in [9.17, 15) is 27.1 Å². The molecule has 2 N–H and O–H groups in total. The first-order valence-corrected chi connectivity index (χ1v) is 5.85. The molecule has 0 spiro atoms. The van der Waals surface area contributed by atoms with Crippen LogP contribution in [-0.2, 0) is 12.7 Å². The van der Waals surface area contributed by atoms with Crippen molar-refractivity contribution in [3.8, 4) is 5.75 Å². The monoisotopic (exact) mass is 303 g/mol. The number of benzene rings is 2. The van der Waals surface area contributed by atoms with Gasteiger partial charge in [0.15, 0.2) is 0 Å². The zero-order valence-corrected chi connectivity index (χ0v) is 10.5. The number of rotatable bonds is 3. The minimum Gasteiger partial charge on any atom is -0.508 e. The van der Waals surface area contributed by atoms with Gasteiger partial charge >= 0.3 is 6.18 Å². The van der Waals surface area contributed by atoms with Crippen LogP contribution in [0, 0.1) is 11.6 Å². The largest absolute Gasteiger partial charge is 0.508 e. The van der Waals surface area contributed by atoms with E-state index in [0.29, 0.717) is 12.1 Å². The van der Waals surface area contributed by atoms with Gasteiger partial charge in [0.2, 0.25) is 0 Å². The maximum Gasteiger partial charge on any atom is 0.419 e. The normalized spacial score (nSPS) is 11.5. The van der Waals surface area contributed by atoms with E-state index in [1.165, 1.54) is 0 Å². The van der Waals surface area contributed by atoms with Crippen molar-refractivity contribution in [2.45, 2.75) is 12.7 Å². The van der Waals surface area contributed by atoms with Crippen molar-refractivity contribution in [1.82, 2.24) is 0 Å². The fourth-order valence-corrected chi connectivity index (χ4v) is 1.75. The van der Waals surface area contributed by atoms with Crippen LogP contribution in [0.3, 0.4) is 0 Å². The number of phenolic OH excluding ortho intramolecular Hbond substituents is 1. The highest BCUT2D eigenvalue weighted by molar-refractivity contribution is 5.48. The van der Waals surface area contributed by atoms with Crippen molar-refractivity contribution < 1.29 is 27.1 Å². The number of hydrogen-bond donors (Lipinski definition) is 2. The fourth-order valence-electron chi connectivity index (χ4n) is 1.75. The SMILES string of the molecule is Oc1ccc(F)cc1CNc1ccc(F)c(C(F)(F)F)c1. The molecule has 0 saturated carbocycles. The van der Waals surface area contributed by atoms with Crippen molar-refractivity contribution in [3.05, 3.63) is 59.2 Å². The maximum atomic E-state index is 13.1. The lowest BCUT2D eigenvalue weighted by molar-refractivity contribution is -0.139. The van der Waals surface area contributed by atoms with Crippen LogP contribution in [0.5, 0.6) is 5.75 Å². The van der Waals surface area contributed by atoms with Crippen LogP contribution >= 0.6 is 0 Å². The summed E-state index contributed by atoms with van der Waals surface area (Å²) in [7, 11) is 0. The van der Waals surface area contributed by atoms with Gasteiger partial charge in [-0.05, 0) is 36.4 Å². The number of anilines is 1. The molecule has 0 aliphatic rings. The predicted octanol–water partition coefficient (Wildman–Crippen LogP) is 4.30. The Bertz CT molecular complexity index is 654. The zero-order chi connectivity index (χ0) is 15.6. The van der Waals surface area contributed by atoms with Crippen molar-refractivity contribution in [3.63, 3.8) is 0 Å². The molecular weight excluding hydrogens is 293 g/mol. The van der Waals surface area contributed by atoms with Gasteiger partial charge in [-0.1, -0.05) is 0 Å². The average molecular weight is 303 g/mol. The summed E-state index contributed by atoms with van der Waals surface area (Å²) < 4.78 is 63.8. The molecule has 112 valence electrons. The van der Waals surface area contributed by atoms with Crippen molar-refractivity contribution in [2.24, 2.45) is 0 Å². The fraction of sp³-hybridized carbons (Fsp3) is 0.143. The van der Waals surface area contributed by atoms with E-state index in [1.54, 1.807) is 0 Å². The van der Waals surface area contributed by atoms with Gasteiger partial charge in [0.1, 0.15) is 17.4 Å². The molecule has 7 heteroatoms. The van der Waals surface area contributed by atoms with E-state index in [-0.39, 0.29) is 23.5 Å². The molecule has 0 heterocycles. The van der Waals surface area contributed by atoms with Crippen LogP contribution in [0.15, 0.2) is 36.4 Å². The van der Waals surface area contributed by atoms with Crippen LogP contribution in [0.1, 0.15) is 11.1 Å². The molecule has 0 saturated heterocycles. The number of halogens is 5. The quantitative estimate of drug-likeness (QED) is 0.829. The highest BCUT2D eigenvalue weighted by Gasteiger charge is 2.34. The van der Waals surface area contributed by atoms with Crippen LogP contribution in [0.4, 0.5) is 27.6 Å². The van der Waals surface area contributed by atoms with Crippen LogP contribution in [0.25, 0.3) is 0 Å². The van der Waals surface area contributed by atoms with Crippen molar-refractivity contribution in [1.29, 1.82) is 0 Å². The third-order valence-corrected chi connectivity index (χ3v) is 2.80. The standard InChI is InChI=1S/C14H10F5NO/c15-9-1-4-13(21)8(5-9)7-20-10-2-3-12(16)11(6-10)14(17,18)19/h1-6,20-21H,7H2. The second-order valence-electron chi connectivity index (χ2n) is 4.32. The number of alkyl halides is 3. The molecule has 21 heavy (non-hydrogen) atoms. The second kappa shape index (κ2) is 5.59. The lowest BCUT2D eigenvalue weighted by atomic mass is 10.1. The number of hydrogen-bond acceptors (Lipinski definition) is 2. The molecule has 0 aliphatic carbocycles. The summed E-state index contributed by atoms with van der Waals surface area (Å²) in [4.78, 5) is 0. The van der Waals surface area contributed by atoms with Crippen molar-refractivity contribution >= 4 is 5.69 Å². The van der Waals surface area contributed by atoms with Gasteiger partial charge in [0.25, 0.3) is 0 Å². The maximum absolute atomic E-state index is 13.1. The summed E-state index contributed by atoms with van der Waals surface area (Å²) in [5.41, 5.74) is -1.21. The molecule has 0 amide bonds. The van der Waals surface area contributed by atoms with Gasteiger partial charge in [0, 0.05) is 17.8 Å². The summed E-state index contributed by atoms with van der Waals surface area (Å²) in [6.07, 6.45) is -4.80. The lowest BCUT2D eigenvalue weighted by Gasteiger charge is -2.12. The van der Waals surface area contributed by atoms with E-state index in [4.69, 9.17) is 0 Å². The first-order chi connectivity index (χ1) is 9.77. The van der Waals surface area contributed by atoms with Crippen LogP contribution in [0.2, 0.25) is 0 Å². The van der Waals surface area contributed by atoms with Gasteiger partial charge < -0.3 is 10.4 Å². The molecule has 0 aromatic heterocycles. The number of aromatic hydroxyl groups is 1. The molecule has 2 aromatic carbocycles. The van der Waals surface area contributed by atoms with Gasteiger partial charge in [-0.3, -0.25) is 0 Å². The third kappa shape index (κ3) is 3.62. The van der Waals surface area contributed by atoms with Gasteiger partial charge in [-0.25, -0.2) is 8.78 Å². The first kappa shape index (κ1) is 15.1. The lowest BCUT2D eigenvalue weighted by Crippen LogP contribution is -2.09. The minimum absolute atomic E-state index is 0.00684. The summed E-state index contributed by atoms with van der Waals surface area (Å²) >= 11 is 0. The molecule has 0 atom stereocenters. The van der Waals surface area contributed by atoms with Gasteiger partial charge in [0.05, 0.1) is 5.56 Å². The van der Waals surface area contributed by atoms with Gasteiger partial charge in [-0.15, -0.1) is 0 Å². The Morgan fingerprint density at radius 2 is 1.71 bits per heavy atom. The Kier molecular flexibility index (Phi) is 4.02. The summed E-state index contributed by atoms with van der Waals surface area (Å²) in [6.45, 7) is -0.105. The Morgan fingerprint density at radius 1 is 1.00 bits per heavy atom.